The fourth-order valence-electron chi connectivity index (χ4n) is 1.65. The van der Waals surface area contributed by atoms with Gasteiger partial charge in [0.25, 0.3) is 10.0 Å². The van der Waals surface area contributed by atoms with Crippen molar-refractivity contribution < 1.29 is 13.2 Å². The zero-order valence-electron chi connectivity index (χ0n) is 10.8. The summed E-state index contributed by atoms with van der Waals surface area (Å²) in [6, 6.07) is 9.89. The van der Waals surface area contributed by atoms with Crippen LogP contribution >= 0.6 is 11.3 Å². The van der Waals surface area contributed by atoms with Crippen LogP contribution in [-0.2, 0) is 21.2 Å². The molecule has 5 nitrogen and oxygen atoms in total. The van der Waals surface area contributed by atoms with E-state index in [1.807, 2.05) is 6.92 Å². The first-order valence-electron chi connectivity index (χ1n) is 5.83. The molecule has 0 radical (unpaired) electrons. The van der Waals surface area contributed by atoms with Crippen LogP contribution in [0, 0.1) is 6.92 Å². The van der Waals surface area contributed by atoms with Gasteiger partial charge in [0, 0.05) is 10.6 Å². The Morgan fingerprint density at radius 3 is 2.35 bits per heavy atom. The van der Waals surface area contributed by atoms with E-state index < -0.39 is 15.9 Å². The molecule has 7 heteroatoms. The Labute approximate surface area is 121 Å². The van der Waals surface area contributed by atoms with Gasteiger partial charge in [0.2, 0.25) is 5.91 Å². The molecule has 2 rings (SSSR count). The van der Waals surface area contributed by atoms with Crippen LogP contribution in [0.4, 0.5) is 5.69 Å². The summed E-state index contributed by atoms with van der Waals surface area (Å²) >= 11 is 1.21. The van der Waals surface area contributed by atoms with E-state index in [0.29, 0.717) is 5.69 Å². The number of benzene rings is 1. The summed E-state index contributed by atoms with van der Waals surface area (Å²) in [6.07, 6.45) is 0.136. The smallest absolute Gasteiger partial charge is 0.271 e. The Balaban J connectivity index is 2.15. The summed E-state index contributed by atoms with van der Waals surface area (Å²) in [6.45, 7) is 1.85. The molecule has 106 valence electrons. The standard InChI is InChI=1S/C13H14N2O3S2/c1-9-2-7-13(19-9)20(17,18)15-11-5-3-10(4-6-11)8-12(14)16/h2-7,15H,8H2,1H3,(H2,14,16). The molecule has 1 aromatic carbocycles. The molecule has 0 saturated heterocycles. The summed E-state index contributed by atoms with van der Waals surface area (Å²) in [7, 11) is -3.55. The van der Waals surface area contributed by atoms with Crippen LogP contribution in [0.3, 0.4) is 0 Å². The first-order valence-corrected chi connectivity index (χ1v) is 8.13. The van der Waals surface area contributed by atoms with Gasteiger partial charge in [0.05, 0.1) is 6.42 Å². The van der Waals surface area contributed by atoms with Crippen molar-refractivity contribution in [1.82, 2.24) is 0 Å². The van der Waals surface area contributed by atoms with E-state index in [2.05, 4.69) is 4.72 Å². The van der Waals surface area contributed by atoms with Gasteiger partial charge in [-0.2, -0.15) is 0 Å². The largest absolute Gasteiger partial charge is 0.369 e. The number of rotatable bonds is 5. The molecule has 1 amide bonds. The Kier molecular flexibility index (Phi) is 4.10. The molecule has 20 heavy (non-hydrogen) atoms. The van der Waals surface area contributed by atoms with Crippen LogP contribution < -0.4 is 10.5 Å². The van der Waals surface area contributed by atoms with Gasteiger partial charge in [-0.05, 0) is 36.8 Å². The van der Waals surface area contributed by atoms with Crippen molar-refractivity contribution in [2.24, 2.45) is 5.73 Å². The summed E-state index contributed by atoms with van der Waals surface area (Å²) in [5.74, 6) is -0.424. The van der Waals surface area contributed by atoms with Crippen molar-refractivity contribution in [3.8, 4) is 0 Å². The second-order valence-electron chi connectivity index (χ2n) is 4.31. The molecule has 1 aromatic heterocycles. The van der Waals surface area contributed by atoms with Gasteiger partial charge < -0.3 is 5.73 Å². The maximum Gasteiger partial charge on any atom is 0.271 e. The molecule has 0 aliphatic heterocycles. The van der Waals surface area contributed by atoms with E-state index in [0.717, 1.165) is 10.4 Å². The van der Waals surface area contributed by atoms with Crippen molar-refractivity contribution in [3.05, 3.63) is 46.8 Å². The second-order valence-corrected chi connectivity index (χ2v) is 7.51. The number of sulfonamides is 1. The lowest BCUT2D eigenvalue weighted by molar-refractivity contribution is -0.117. The zero-order valence-corrected chi connectivity index (χ0v) is 12.4. The maximum absolute atomic E-state index is 12.1. The number of hydrogen-bond acceptors (Lipinski definition) is 4. The van der Waals surface area contributed by atoms with Gasteiger partial charge in [-0.1, -0.05) is 12.1 Å². The summed E-state index contributed by atoms with van der Waals surface area (Å²) in [5, 5.41) is 0. The fourth-order valence-corrected chi connectivity index (χ4v) is 4.00. The van der Waals surface area contributed by atoms with Gasteiger partial charge >= 0.3 is 0 Å². The van der Waals surface area contributed by atoms with E-state index in [9.17, 15) is 13.2 Å². The third-order valence-corrected chi connectivity index (χ3v) is 5.44. The quantitative estimate of drug-likeness (QED) is 0.883. The van der Waals surface area contributed by atoms with E-state index in [4.69, 9.17) is 5.73 Å². The number of carbonyl (C=O) groups is 1. The second kappa shape index (κ2) is 5.64. The SMILES string of the molecule is Cc1ccc(S(=O)(=O)Nc2ccc(CC(N)=O)cc2)s1. The number of hydrogen-bond donors (Lipinski definition) is 2. The topological polar surface area (TPSA) is 89.3 Å². The molecule has 2 aromatic rings. The Bertz CT molecular complexity index is 718. The Morgan fingerprint density at radius 2 is 1.85 bits per heavy atom. The highest BCUT2D eigenvalue weighted by Gasteiger charge is 2.16. The van der Waals surface area contributed by atoms with Gasteiger partial charge in [0.1, 0.15) is 4.21 Å². The maximum atomic E-state index is 12.1. The predicted octanol–water partition coefficient (Wildman–Crippen LogP) is 1.89. The average Bonchev–Trinajstić information content (AvgIpc) is 2.78. The molecule has 0 fully saturated rings. The molecule has 1 heterocycles. The first-order chi connectivity index (χ1) is 9.37. The lowest BCUT2D eigenvalue weighted by Gasteiger charge is -2.06. The molecule has 3 N–H and O–H groups in total. The molecule has 0 atom stereocenters. The highest BCUT2D eigenvalue weighted by atomic mass is 32.2. The van der Waals surface area contributed by atoms with E-state index in [1.54, 1.807) is 36.4 Å². The van der Waals surface area contributed by atoms with Crippen LogP contribution in [0.2, 0.25) is 0 Å². The monoisotopic (exact) mass is 310 g/mol. The predicted molar refractivity (Wildman–Crippen MR) is 79.2 cm³/mol. The third kappa shape index (κ3) is 3.58. The number of nitrogens with two attached hydrogens (primary N) is 1. The molecular formula is C13H14N2O3S2. The summed E-state index contributed by atoms with van der Waals surface area (Å²) < 4.78 is 27.0. The minimum absolute atomic E-state index is 0.136. The molecule has 0 spiro atoms. The van der Waals surface area contributed by atoms with Crippen molar-refractivity contribution in [3.63, 3.8) is 0 Å². The van der Waals surface area contributed by atoms with Gasteiger partial charge in [-0.25, -0.2) is 8.42 Å². The first kappa shape index (κ1) is 14.5. The van der Waals surface area contributed by atoms with Crippen LogP contribution in [0.25, 0.3) is 0 Å². The minimum atomic E-state index is -3.55. The number of amides is 1. The summed E-state index contributed by atoms with van der Waals surface area (Å²) in [4.78, 5) is 11.7. The van der Waals surface area contributed by atoms with Crippen LogP contribution in [0.5, 0.6) is 0 Å². The normalized spacial score (nSPS) is 11.2. The van der Waals surface area contributed by atoms with Gasteiger partial charge in [0.15, 0.2) is 0 Å². The van der Waals surface area contributed by atoms with Gasteiger partial charge in [-0.15, -0.1) is 11.3 Å². The number of nitrogens with one attached hydrogen (secondary N) is 1. The van der Waals surface area contributed by atoms with Crippen LogP contribution in [0.1, 0.15) is 10.4 Å². The van der Waals surface area contributed by atoms with Gasteiger partial charge in [-0.3, -0.25) is 9.52 Å². The minimum Gasteiger partial charge on any atom is -0.369 e. The third-order valence-electron chi connectivity index (χ3n) is 2.57. The molecule has 0 aliphatic carbocycles. The summed E-state index contributed by atoms with van der Waals surface area (Å²) in [5.41, 5.74) is 6.28. The lowest BCUT2D eigenvalue weighted by Crippen LogP contribution is -2.14. The number of carbonyl (C=O) groups excluding carboxylic acids is 1. The van der Waals surface area contributed by atoms with Crippen LogP contribution in [0.15, 0.2) is 40.6 Å². The molecule has 0 saturated carbocycles. The highest BCUT2D eigenvalue weighted by Crippen LogP contribution is 2.23. The van der Waals surface area contributed by atoms with E-state index in [1.165, 1.54) is 11.3 Å². The molecule has 0 unspecified atom stereocenters. The highest BCUT2D eigenvalue weighted by molar-refractivity contribution is 7.94. The van der Waals surface area contributed by atoms with E-state index >= 15 is 0 Å². The fraction of sp³-hybridized carbons (Fsp3) is 0.154. The number of thiophene rings is 1. The van der Waals surface area contributed by atoms with Crippen molar-refractivity contribution >= 4 is 33.0 Å². The number of anilines is 1. The Morgan fingerprint density at radius 1 is 1.20 bits per heavy atom. The number of primary amides is 1. The molecular weight excluding hydrogens is 296 g/mol. The van der Waals surface area contributed by atoms with Crippen LogP contribution in [-0.4, -0.2) is 14.3 Å². The zero-order chi connectivity index (χ0) is 14.8. The molecule has 0 aliphatic rings. The van der Waals surface area contributed by atoms with Crippen molar-refractivity contribution in [2.45, 2.75) is 17.6 Å². The van der Waals surface area contributed by atoms with E-state index in [-0.39, 0.29) is 10.6 Å². The van der Waals surface area contributed by atoms with Crippen molar-refractivity contribution in [2.75, 3.05) is 4.72 Å². The molecule has 0 bridgehead atoms. The average molecular weight is 310 g/mol. The van der Waals surface area contributed by atoms with Crippen molar-refractivity contribution in [1.29, 1.82) is 0 Å². The lowest BCUT2D eigenvalue weighted by atomic mass is 10.1. The Hall–Kier alpha value is -1.86. The number of aryl methyl sites for hydroxylation is 1.